The predicted octanol–water partition coefficient (Wildman–Crippen LogP) is 5.64. The van der Waals surface area contributed by atoms with Crippen LogP contribution in [0.4, 0.5) is 11.4 Å². The molecule has 3 rings (SSSR count). The molecule has 0 fully saturated rings. The van der Waals surface area contributed by atoms with Crippen molar-refractivity contribution >= 4 is 40.7 Å². The summed E-state index contributed by atoms with van der Waals surface area (Å²) < 4.78 is 0. The lowest BCUT2D eigenvalue weighted by Crippen LogP contribution is -2.30. The number of hydrogen-bond acceptors (Lipinski definition) is 3. The van der Waals surface area contributed by atoms with Crippen LogP contribution >= 0.6 is 11.6 Å². The van der Waals surface area contributed by atoms with Gasteiger partial charge in [-0.25, -0.2) is 0 Å². The Morgan fingerprint density at radius 3 is 2.12 bits per heavy atom. The highest BCUT2D eigenvalue weighted by Gasteiger charge is 2.17. The second kappa shape index (κ2) is 10.8. The van der Waals surface area contributed by atoms with Crippen LogP contribution in [0.3, 0.4) is 0 Å². The van der Waals surface area contributed by atoms with Gasteiger partial charge in [-0.1, -0.05) is 35.9 Å². The fraction of sp³-hybridized carbons (Fsp3) is 0.192. The highest BCUT2D eigenvalue weighted by atomic mass is 35.5. The number of anilines is 2. The minimum atomic E-state index is -0.357. The van der Waals surface area contributed by atoms with Crippen LogP contribution in [0.25, 0.3) is 0 Å². The fourth-order valence-corrected chi connectivity index (χ4v) is 3.59. The van der Waals surface area contributed by atoms with E-state index in [4.69, 9.17) is 11.6 Å². The molecule has 0 aliphatic carbocycles. The Morgan fingerprint density at radius 1 is 0.818 bits per heavy atom. The molecule has 3 aromatic carbocycles. The molecule has 0 aliphatic heterocycles. The molecule has 0 unspecified atom stereocenters. The molecule has 0 radical (unpaired) electrons. The van der Waals surface area contributed by atoms with Crippen LogP contribution in [-0.4, -0.2) is 35.7 Å². The SMILES string of the molecule is CCN(CC)C(=O)c1ccc(NC(=O)c2ccc(C)c(NC(=O)c3ccccc3)c2)cc1Cl. The normalized spacial score (nSPS) is 10.4. The fourth-order valence-electron chi connectivity index (χ4n) is 3.33. The smallest absolute Gasteiger partial charge is 0.255 e. The van der Waals surface area contributed by atoms with Crippen molar-refractivity contribution in [3.8, 4) is 0 Å². The van der Waals surface area contributed by atoms with Gasteiger partial charge in [-0.15, -0.1) is 0 Å². The number of aryl methyl sites for hydroxylation is 1. The Bertz CT molecular complexity index is 1170. The summed E-state index contributed by atoms with van der Waals surface area (Å²) in [6.07, 6.45) is 0. The zero-order valence-corrected chi connectivity index (χ0v) is 19.6. The summed E-state index contributed by atoms with van der Waals surface area (Å²) in [5.74, 6) is -0.763. The number of carbonyl (C=O) groups is 3. The van der Waals surface area contributed by atoms with Crippen molar-refractivity contribution in [2.45, 2.75) is 20.8 Å². The third-order valence-corrected chi connectivity index (χ3v) is 5.60. The van der Waals surface area contributed by atoms with Crippen molar-refractivity contribution in [3.63, 3.8) is 0 Å². The van der Waals surface area contributed by atoms with Crippen LogP contribution in [0.5, 0.6) is 0 Å². The summed E-state index contributed by atoms with van der Waals surface area (Å²) in [7, 11) is 0. The van der Waals surface area contributed by atoms with Gasteiger partial charge in [0, 0.05) is 35.6 Å². The second-order valence-electron chi connectivity index (χ2n) is 7.48. The number of nitrogens with zero attached hydrogens (tertiary/aromatic N) is 1. The molecule has 0 atom stereocenters. The van der Waals surface area contributed by atoms with E-state index in [2.05, 4.69) is 10.6 Å². The van der Waals surface area contributed by atoms with Crippen molar-refractivity contribution in [1.82, 2.24) is 4.90 Å². The van der Waals surface area contributed by atoms with E-state index in [1.807, 2.05) is 26.8 Å². The molecule has 0 aromatic heterocycles. The third-order valence-electron chi connectivity index (χ3n) is 5.29. The van der Waals surface area contributed by atoms with Crippen LogP contribution in [-0.2, 0) is 0 Å². The van der Waals surface area contributed by atoms with Crippen LogP contribution in [0, 0.1) is 6.92 Å². The molecular formula is C26H26ClN3O3. The van der Waals surface area contributed by atoms with E-state index in [1.54, 1.807) is 65.6 Å². The molecule has 33 heavy (non-hydrogen) atoms. The molecule has 3 amide bonds. The maximum Gasteiger partial charge on any atom is 0.255 e. The van der Waals surface area contributed by atoms with Gasteiger partial charge >= 0.3 is 0 Å². The first-order valence-electron chi connectivity index (χ1n) is 10.7. The molecule has 2 N–H and O–H groups in total. The van der Waals surface area contributed by atoms with Gasteiger partial charge in [0.2, 0.25) is 0 Å². The topological polar surface area (TPSA) is 78.5 Å². The van der Waals surface area contributed by atoms with Crippen molar-refractivity contribution in [1.29, 1.82) is 0 Å². The van der Waals surface area contributed by atoms with E-state index in [0.29, 0.717) is 41.2 Å². The molecule has 0 heterocycles. The Hall–Kier alpha value is -3.64. The van der Waals surface area contributed by atoms with E-state index in [9.17, 15) is 14.4 Å². The van der Waals surface area contributed by atoms with Gasteiger partial charge in [-0.2, -0.15) is 0 Å². The molecule has 0 spiro atoms. The number of rotatable bonds is 7. The van der Waals surface area contributed by atoms with E-state index < -0.39 is 0 Å². The first kappa shape index (κ1) is 24.0. The zero-order chi connectivity index (χ0) is 24.0. The highest BCUT2D eigenvalue weighted by Crippen LogP contribution is 2.24. The molecule has 0 saturated heterocycles. The first-order chi connectivity index (χ1) is 15.8. The van der Waals surface area contributed by atoms with Crippen molar-refractivity contribution < 1.29 is 14.4 Å². The summed E-state index contributed by atoms with van der Waals surface area (Å²) in [5.41, 5.74) is 3.15. The monoisotopic (exact) mass is 463 g/mol. The molecule has 0 aliphatic rings. The summed E-state index contributed by atoms with van der Waals surface area (Å²) in [5, 5.41) is 5.92. The first-order valence-corrected chi connectivity index (χ1v) is 11.1. The molecule has 170 valence electrons. The van der Waals surface area contributed by atoms with Gasteiger partial charge < -0.3 is 15.5 Å². The maximum absolute atomic E-state index is 12.8. The predicted molar refractivity (Wildman–Crippen MR) is 132 cm³/mol. The van der Waals surface area contributed by atoms with Gasteiger partial charge in [-0.05, 0) is 68.8 Å². The summed E-state index contributed by atoms with van der Waals surface area (Å²) >= 11 is 6.33. The van der Waals surface area contributed by atoms with E-state index in [-0.39, 0.29) is 22.7 Å². The van der Waals surface area contributed by atoms with Gasteiger partial charge in [0.1, 0.15) is 0 Å². The third kappa shape index (κ3) is 5.79. The minimum absolute atomic E-state index is 0.153. The van der Waals surface area contributed by atoms with Crippen LogP contribution < -0.4 is 10.6 Å². The molecule has 6 nitrogen and oxygen atoms in total. The molecular weight excluding hydrogens is 438 g/mol. The Balaban J connectivity index is 1.75. The Kier molecular flexibility index (Phi) is 7.85. The Morgan fingerprint density at radius 2 is 1.48 bits per heavy atom. The summed E-state index contributed by atoms with van der Waals surface area (Å²) in [6.45, 7) is 6.83. The average molecular weight is 464 g/mol. The molecule has 0 bridgehead atoms. The standard InChI is InChI=1S/C26H26ClN3O3/c1-4-30(5-2)26(33)21-14-13-20(16-22(21)27)28-25(32)19-12-11-17(3)23(15-19)29-24(31)18-9-7-6-8-10-18/h6-16H,4-5H2,1-3H3,(H,28,32)(H,29,31). The van der Waals surface area contributed by atoms with E-state index in [1.165, 1.54) is 0 Å². The molecule has 3 aromatic rings. The average Bonchev–Trinajstić information content (AvgIpc) is 2.81. The number of nitrogens with one attached hydrogen (secondary N) is 2. The van der Waals surface area contributed by atoms with Crippen LogP contribution in [0.2, 0.25) is 5.02 Å². The van der Waals surface area contributed by atoms with Crippen molar-refractivity contribution in [2.75, 3.05) is 23.7 Å². The van der Waals surface area contributed by atoms with Gasteiger partial charge in [0.05, 0.1) is 10.6 Å². The van der Waals surface area contributed by atoms with Gasteiger partial charge in [0.25, 0.3) is 17.7 Å². The van der Waals surface area contributed by atoms with Crippen molar-refractivity contribution in [2.24, 2.45) is 0 Å². The summed E-state index contributed by atoms with van der Waals surface area (Å²) in [6, 6.07) is 18.8. The zero-order valence-electron chi connectivity index (χ0n) is 18.8. The van der Waals surface area contributed by atoms with Gasteiger partial charge in [-0.3, -0.25) is 14.4 Å². The number of carbonyl (C=O) groups excluding carboxylic acids is 3. The number of halogens is 1. The summed E-state index contributed by atoms with van der Waals surface area (Å²) in [4.78, 5) is 39.6. The lowest BCUT2D eigenvalue weighted by molar-refractivity contribution is 0.0773. The van der Waals surface area contributed by atoms with E-state index >= 15 is 0 Å². The van der Waals surface area contributed by atoms with Gasteiger partial charge in [0.15, 0.2) is 0 Å². The highest BCUT2D eigenvalue weighted by molar-refractivity contribution is 6.34. The number of hydrogen-bond donors (Lipinski definition) is 2. The molecule has 7 heteroatoms. The minimum Gasteiger partial charge on any atom is -0.339 e. The Labute approximate surface area is 198 Å². The van der Waals surface area contributed by atoms with E-state index in [0.717, 1.165) is 5.56 Å². The largest absolute Gasteiger partial charge is 0.339 e. The second-order valence-corrected chi connectivity index (χ2v) is 7.88. The molecule has 0 saturated carbocycles. The number of amides is 3. The maximum atomic E-state index is 12.8. The van der Waals surface area contributed by atoms with Crippen molar-refractivity contribution in [3.05, 3.63) is 94.0 Å². The lowest BCUT2D eigenvalue weighted by Gasteiger charge is -2.19. The van der Waals surface area contributed by atoms with Crippen LogP contribution in [0.15, 0.2) is 66.7 Å². The number of benzene rings is 3. The van der Waals surface area contributed by atoms with Crippen LogP contribution in [0.1, 0.15) is 50.5 Å². The lowest BCUT2D eigenvalue weighted by atomic mass is 10.1. The quantitative estimate of drug-likeness (QED) is 0.476.